The average Bonchev–Trinajstić information content (AvgIpc) is 3.05. The maximum absolute atomic E-state index is 11.7. The zero-order valence-electron chi connectivity index (χ0n) is 15.5. The van der Waals surface area contributed by atoms with E-state index in [1.807, 2.05) is 37.3 Å². The van der Waals surface area contributed by atoms with Crippen molar-refractivity contribution in [2.45, 2.75) is 32.2 Å². The molecule has 0 aliphatic carbocycles. The number of piperidine rings is 1. The molecular weight excluding hydrogens is 459 g/mol. The summed E-state index contributed by atoms with van der Waals surface area (Å²) in [5.41, 5.74) is 6.88. The summed E-state index contributed by atoms with van der Waals surface area (Å²) in [5.74, 6) is 1.35. The topological polar surface area (TPSA) is 93.1 Å². The van der Waals surface area contributed by atoms with Gasteiger partial charge in [-0.3, -0.25) is 4.99 Å². The average molecular weight is 486 g/mol. The van der Waals surface area contributed by atoms with Crippen molar-refractivity contribution < 1.29 is 13.9 Å². The fourth-order valence-corrected chi connectivity index (χ4v) is 3.12. The lowest BCUT2D eigenvalue weighted by atomic mass is 10.1. The molecule has 0 saturated carbocycles. The van der Waals surface area contributed by atoms with E-state index in [0.717, 1.165) is 29.6 Å². The maximum Gasteiger partial charge on any atom is 0.409 e. The number of furan rings is 1. The molecule has 2 aromatic rings. The van der Waals surface area contributed by atoms with Gasteiger partial charge in [-0.1, -0.05) is 18.2 Å². The molecule has 3 rings (SSSR count). The highest BCUT2D eigenvalue weighted by Crippen LogP contribution is 2.19. The Bertz CT molecular complexity index is 736. The summed E-state index contributed by atoms with van der Waals surface area (Å²) in [5, 5.41) is 4.34. The van der Waals surface area contributed by atoms with Crippen molar-refractivity contribution in [2.24, 2.45) is 10.7 Å². The Hall–Kier alpha value is -1.97. The van der Waals surface area contributed by atoms with Crippen LogP contribution >= 0.6 is 24.0 Å². The molecule has 148 valence electrons. The molecule has 0 spiro atoms. The van der Waals surface area contributed by atoms with Crippen LogP contribution in [0.25, 0.3) is 11.0 Å². The molecule has 0 radical (unpaired) electrons. The highest BCUT2D eigenvalue weighted by atomic mass is 127. The third-order valence-corrected chi connectivity index (χ3v) is 4.49. The molecule has 1 aliphatic heterocycles. The van der Waals surface area contributed by atoms with E-state index in [4.69, 9.17) is 14.9 Å². The lowest BCUT2D eigenvalue weighted by Crippen LogP contribution is -2.48. The number of rotatable bonds is 5. The molecule has 2 heterocycles. The van der Waals surface area contributed by atoms with E-state index in [-0.39, 0.29) is 36.1 Å². The maximum atomic E-state index is 11.7. The van der Waals surface area contributed by atoms with Crippen LogP contribution in [0.1, 0.15) is 25.5 Å². The van der Waals surface area contributed by atoms with Crippen LogP contribution in [0.5, 0.6) is 0 Å². The van der Waals surface area contributed by atoms with Crippen molar-refractivity contribution in [3.05, 3.63) is 36.1 Å². The lowest BCUT2D eigenvalue weighted by molar-refractivity contribution is 0.0963. The summed E-state index contributed by atoms with van der Waals surface area (Å²) in [4.78, 5) is 17.8. The van der Waals surface area contributed by atoms with E-state index in [2.05, 4.69) is 10.3 Å². The van der Waals surface area contributed by atoms with Crippen LogP contribution in [0.4, 0.5) is 4.79 Å². The van der Waals surface area contributed by atoms with Crippen LogP contribution in [0, 0.1) is 0 Å². The van der Waals surface area contributed by atoms with Crippen molar-refractivity contribution in [2.75, 3.05) is 26.2 Å². The Kier molecular flexibility index (Phi) is 8.21. The first kappa shape index (κ1) is 21.3. The number of nitrogens with two attached hydrogens (primary N) is 1. The zero-order chi connectivity index (χ0) is 18.4. The van der Waals surface area contributed by atoms with E-state index in [1.54, 1.807) is 4.90 Å². The number of guanidine groups is 1. The van der Waals surface area contributed by atoms with Crippen LogP contribution in [0.2, 0.25) is 0 Å². The number of hydrogen-bond donors (Lipinski definition) is 2. The molecule has 1 saturated heterocycles. The molecule has 1 aromatic carbocycles. The van der Waals surface area contributed by atoms with Crippen LogP contribution in [-0.4, -0.2) is 49.2 Å². The molecule has 1 amide bonds. The van der Waals surface area contributed by atoms with Crippen LogP contribution in [0.15, 0.2) is 39.7 Å². The highest BCUT2D eigenvalue weighted by molar-refractivity contribution is 14.0. The molecule has 3 N–H and O–H groups in total. The van der Waals surface area contributed by atoms with E-state index in [9.17, 15) is 4.79 Å². The van der Waals surface area contributed by atoms with Gasteiger partial charge in [-0.2, -0.15) is 0 Å². The normalized spacial score (nSPS) is 15.4. The van der Waals surface area contributed by atoms with Crippen molar-refractivity contribution in [3.63, 3.8) is 0 Å². The van der Waals surface area contributed by atoms with Gasteiger partial charge in [0.1, 0.15) is 11.3 Å². The van der Waals surface area contributed by atoms with Crippen LogP contribution < -0.4 is 11.1 Å². The Labute approximate surface area is 176 Å². The highest BCUT2D eigenvalue weighted by Gasteiger charge is 2.23. The molecular formula is C19H27IN4O3. The smallest absolute Gasteiger partial charge is 0.409 e. The van der Waals surface area contributed by atoms with Gasteiger partial charge in [-0.05, 0) is 31.9 Å². The fourth-order valence-electron chi connectivity index (χ4n) is 3.12. The third kappa shape index (κ3) is 6.02. The van der Waals surface area contributed by atoms with Gasteiger partial charge in [0.2, 0.25) is 0 Å². The number of nitrogens with zero attached hydrogens (tertiary/aromatic N) is 2. The van der Waals surface area contributed by atoms with Crippen LogP contribution in [0.3, 0.4) is 0 Å². The summed E-state index contributed by atoms with van der Waals surface area (Å²) in [7, 11) is 0. The second-order valence-corrected chi connectivity index (χ2v) is 6.37. The number of ether oxygens (including phenoxy) is 1. The van der Waals surface area contributed by atoms with Gasteiger partial charge < -0.3 is 25.1 Å². The van der Waals surface area contributed by atoms with E-state index < -0.39 is 0 Å². The Morgan fingerprint density at radius 3 is 2.81 bits per heavy atom. The monoisotopic (exact) mass is 486 g/mol. The first-order valence-electron chi connectivity index (χ1n) is 9.11. The zero-order valence-corrected chi connectivity index (χ0v) is 17.8. The molecule has 7 nitrogen and oxygen atoms in total. The lowest BCUT2D eigenvalue weighted by Gasteiger charge is -2.31. The number of halogens is 1. The number of nitrogens with one attached hydrogen (secondary N) is 1. The molecule has 1 aliphatic rings. The van der Waals surface area contributed by atoms with Gasteiger partial charge in [-0.15, -0.1) is 24.0 Å². The van der Waals surface area contributed by atoms with E-state index >= 15 is 0 Å². The van der Waals surface area contributed by atoms with Gasteiger partial charge in [0.15, 0.2) is 5.96 Å². The standard InChI is InChI=1S/C19H26N4O3.HI/c1-2-25-19(24)23-11-8-15(9-12-23)22-18(20)21-10-7-16-13-14-5-3-4-6-17(14)26-16;/h3-6,13,15H,2,7-12H2,1H3,(H3,20,21,22);1H. The molecule has 1 aromatic heterocycles. The van der Waals surface area contributed by atoms with Crippen molar-refractivity contribution >= 4 is 47.0 Å². The number of likely N-dealkylation sites (tertiary alicyclic amines) is 1. The van der Waals surface area contributed by atoms with Gasteiger partial charge >= 0.3 is 6.09 Å². The van der Waals surface area contributed by atoms with Gasteiger partial charge in [0, 0.05) is 37.5 Å². The van der Waals surface area contributed by atoms with Gasteiger partial charge in [0.25, 0.3) is 0 Å². The molecule has 0 atom stereocenters. The predicted octanol–water partition coefficient (Wildman–Crippen LogP) is 3.12. The molecule has 0 bridgehead atoms. The summed E-state index contributed by atoms with van der Waals surface area (Å²) >= 11 is 0. The second-order valence-electron chi connectivity index (χ2n) is 6.37. The number of carbonyl (C=O) groups excluding carboxylic acids is 1. The summed E-state index contributed by atoms with van der Waals surface area (Å²) in [6, 6.07) is 10.2. The fraction of sp³-hybridized carbons (Fsp3) is 0.474. The summed E-state index contributed by atoms with van der Waals surface area (Å²) in [6.45, 7) is 4.13. The quantitative estimate of drug-likeness (QED) is 0.385. The predicted molar refractivity (Wildman–Crippen MR) is 117 cm³/mol. The summed E-state index contributed by atoms with van der Waals surface area (Å²) in [6.07, 6.45) is 2.13. The number of fused-ring (bicyclic) bond motifs is 1. The Morgan fingerprint density at radius 1 is 1.37 bits per heavy atom. The van der Waals surface area contributed by atoms with E-state index in [1.165, 1.54) is 0 Å². The van der Waals surface area contributed by atoms with Crippen molar-refractivity contribution in [3.8, 4) is 0 Å². The van der Waals surface area contributed by atoms with Crippen LogP contribution in [-0.2, 0) is 11.2 Å². The van der Waals surface area contributed by atoms with Crippen molar-refractivity contribution in [1.29, 1.82) is 0 Å². The van der Waals surface area contributed by atoms with Gasteiger partial charge in [0.05, 0.1) is 6.61 Å². The Morgan fingerprint density at radius 2 is 2.11 bits per heavy atom. The number of carbonyl (C=O) groups is 1. The number of aliphatic imine (C=N–C) groups is 1. The summed E-state index contributed by atoms with van der Waals surface area (Å²) < 4.78 is 10.8. The minimum atomic E-state index is -0.238. The molecule has 27 heavy (non-hydrogen) atoms. The number of benzene rings is 1. The SMILES string of the molecule is CCOC(=O)N1CCC(NC(N)=NCCc2cc3ccccc3o2)CC1.I. The molecule has 1 fully saturated rings. The third-order valence-electron chi connectivity index (χ3n) is 4.49. The minimum absolute atomic E-state index is 0. The van der Waals surface area contributed by atoms with Crippen molar-refractivity contribution in [1.82, 2.24) is 10.2 Å². The molecule has 0 unspecified atom stereocenters. The number of amides is 1. The van der Waals surface area contributed by atoms with Gasteiger partial charge in [-0.25, -0.2) is 4.79 Å². The number of para-hydroxylation sites is 1. The molecule has 8 heteroatoms. The Balaban J connectivity index is 0.00000261. The first-order valence-corrected chi connectivity index (χ1v) is 9.11. The minimum Gasteiger partial charge on any atom is -0.461 e. The van der Waals surface area contributed by atoms with E-state index in [0.29, 0.717) is 38.6 Å². The second kappa shape index (κ2) is 10.4. The number of hydrogen-bond acceptors (Lipinski definition) is 4. The largest absolute Gasteiger partial charge is 0.461 e. The first-order chi connectivity index (χ1) is 12.7.